The molecule has 0 aliphatic carbocycles. The Labute approximate surface area is 145 Å². The molecule has 1 spiro atoms. The van der Waals surface area contributed by atoms with E-state index >= 15 is 0 Å². The van der Waals surface area contributed by atoms with Crippen molar-refractivity contribution >= 4 is 6.09 Å². The van der Waals surface area contributed by atoms with Crippen molar-refractivity contribution in [1.82, 2.24) is 14.8 Å². The summed E-state index contributed by atoms with van der Waals surface area (Å²) in [6.45, 7) is 13.8. The molecule has 24 heavy (non-hydrogen) atoms. The van der Waals surface area contributed by atoms with Gasteiger partial charge in [-0.05, 0) is 44.7 Å². The predicted molar refractivity (Wildman–Crippen MR) is 94.9 cm³/mol. The highest BCUT2D eigenvalue weighted by Crippen LogP contribution is 2.48. The monoisotopic (exact) mass is 333 g/mol. The van der Waals surface area contributed by atoms with Crippen LogP contribution in [0.3, 0.4) is 0 Å². The van der Waals surface area contributed by atoms with Crippen LogP contribution in [0.4, 0.5) is 4.79 Å². The molecule has 134 valence electrons. The van der Waals surface area contributed by atoms with E-state index in [0.717, 1.165) is 32.6 Å². The zero-order valence-corrected chi connectivity index (χ0v) is 15.6. The van der Waals surface area contributed by atoms with Crippen molar-refractivity contribution < 1.29 is 9.53 Å². The molecule has 3 rings (SSSR count). The highest BCUT2D eigenvalue weighted by Gasteiger charge is 2.52. The normalized spacial score (nSPS) is 26.9. The van der Waals surface area contributed by atoms with Crippen LogP contribution < -0.4 is 5.32 Å². The first-order valence-corrected chi connectivity index (χ1v) is 9.05. The summed E-state index contributed by atoms with van der Waals surface area (Å²) in [6, 6.07) is 2.57. The highest BCUT2D eigenvalue weighted by molar-refractivity contribution is 5.68. The largest absolute Gasteiger partial charge is 0.444 e. The molecular formula is C19H31N3O2. The summed E-state index contributed by atoms with van der Waals surface area (Å²) < 4.78 is 7.81. The van der Waals surface area contributed by atoms with E-state index in [0.29, 0.717) is 12.0 Å². The molecule has 1 aromatic rings. The number of amides is 1. The van der Waals surface area contributed by atoms with Gasteiger partial charge in [-0.1, -0.05) is 13.8 Å². The lowest BCUT2D eigenvalue weighted by Crippen LogP contribution is -2.57. The van der Waals surface area contributed by atoms with Crippen molar-refractivity contribution in [2.45, 2.75) is 59.2 Å². The topological polar surface area (TPSA) is 46.5 Å². The van der Waals surface area contributed by atoms with E-state index in [1.165, 1.54) is 5.56 Å². The fourth-order valence-electron chi connectivity index (χ4n) is 3.89. The van der Waals surface area contributed by atoms with Gasteiger partial charge in [0.2, 0.25) is 0 Å². The number of ether oxygens (including phenoxy) is 1. The van der Waals surface area contributed by atoms with Crippen LogP contribution in [0.2, 0.25) is 0 Å². The quantitative estimate of drug-likeness (QED) is 0.922. The maximum Gasteiger partial charge on any atom is 0.410 e. The minimum atomic E-state index is -0.432. The van der Waals surface area contributed by atoms with E-state index in [-0.39, 0.29) is 11.5 Å². The number of hydrogen-bond donors (Lipinski definition) is 1. The third kappa shape index (κ3) is 3.46. The van der Waals surface area contributed by atoms with Crippen LogP contribution in [0, 0.1) is 11.3 Å². The summed E-state index contributed by atoms with van der Waals surface area (Å²) in [6.07, 6.45) is 5.29. The smallest absolute Gasteiger partial charge is 0.410 e. The molecule has 2 saturated heterocycles. The molecule has 2 aliphatic rings. The third-order valence-corrected chi connectivity index (χ3v) is 4.99. The average Bonchev–Trinajstić information content (AvgIpc) is 3.03. The third-order valence-electron chi connectivity index (χ3n) is 4.99. The van der Waals surface area contributed by atoms with E-state index in [1.807, 2.05) is 25.7 Å². The van der Waals surface area contributed by atoms with Crippen LogP contribution in [0.25, 0.3) is 0 Å². The van der Waals surface area contributed by atoms with E-state index in [1.54, 1.807) is 0 Å². The van der Waals surface area contributed by atoms with Gasteiger partial charge in [0.05, 0.1) is 0 Å². The van der Waals surface area contributed by atoms with Crippen molar-refractivity contribution in [1.29, 1.82) is 0 Å². The van der Waals surface area contributed by atoms with Crippen LogP contribution >= 0.6 is 0 Å². The minimum absolute atomic E-state index is 0.168. The number of hydrogen-bond acceptors (Lipinski definition) is 3. The van der Waals surface area contributed by atoms with Gasteiger partial charge in [-0.25, -0.2) is 4.79 Å². The molecule has 1 amide bonds. The summed E-state index contributed by atoms with van der Waals surface area (Å²) in [5.74, 6) is 0.641. The van der Waals surface area contributed by atoms with Crippen LogP contribution in [-0.2, 0) is 11.3 Å². The molecule has 0 saturated carbocycles. The van der Waals surface area contributed by atoms with Gasteiger partial charge in [0.15, 0.2) is 0 Å². The van der Waals surface area contributed by atoms with Crippen molar-refractivity contribution in [3.05, 3.63) is 24.0 Å². The summed E-state index contributed by atoms with van der Waals surface area (Å²) in [7, 11) is 0. The second-order valence-electron chi connectivity index (χ2n) is 8.86. The summed E-state index contributed by atoms with van der Waals surface area (Å²) >= 11 is 0. The Morgan fingerprint density at radius 1 is 1.46 bits per heavy atom. The fourth-order valence-corrected chi connectivity index (χ4v) is 3.89. The Bertz CT molecular complexity index is 602. The number of carbonyl (C=O) groups excluding carboxylic acids is 1. The van der Waals surface area contributed by atoms with E-state index in [9.17, 15) is 4.79 Å². The Morgan fingerprint density at radius 3 is 2.79 bits per heavy atom. The molecule has 1 aromatic heterocycles. The van der Waals surface area contributed by atoms with Gasteiger partial charge in [0.1, 0.15) is 5.60 Å². The first-order valence-electron chi connectivity index (χ1n) is 9.05. The van der Waals surface area contributed by atoms with Gasteiger partial charge >= 0.3 is 6.09 Å². The Hall–Kier alpha value is -1.49. The van der Waals surface area contributed by atoms with E-state index < -0.39 is 5.60 Å². The standard InChI is InChI=1S/C19H31N3O2/c1-14(2)10-21-8-6-15(11-21)16-19(12-20-16)7-9-22(13-19)17(23)24-18(3,4)5/h6,8,11,14,16,20H,7,9-10,12-13H2,1-5H3/t16-,19-/m0/s1. The molecule has 5 heteroatoms. The molecule has 5 nitrogen and oxygen atoms in total. The number of rotatable bonds is 3. The molecule has 1 N–H and O–H groups in total. The first-order chi connectivity index (χ1) is 11.2. The molecule has 2 atom stereocenters. The zero-order chi connectivity index (χ0) is 17.5. The lowest BCUT2D eigenvalue weighted by atomic mass is 9.70. The SMILES string of the molecule is CC(C)Cn1ccc([C@@H]2NC[C@]23CCN(C(=O)OC(C)(C)C)C3)c1. The second-order valence-corrected chi connectivity index (χ2v) is 8.86. The van der Waals surface area contributed by atoms with Gasteiger partial charge in [-0.2, -0.15) is 0 Å². The van der Waals surface area contributed by atoms with E-state index in [2.05, 4.69) is 42.2 Å². The lowest BCUT2D eigenvalue weighted by molar-refractivity contribution is 0.0216. The van der Waals surface area contributed by atoms with Crippen molar-refractivity contribution in [2.75, 3.05) is 19.6 Å². The summed E-state index contributed by atoms with van der Waals surface area (Å²) in [5.41, 5.74) is 1.08. The zero-order valence-electron chi connectivity index (χ0n) is 15.6. The maximum absolute atomic E-state index is 12.3. The number of carbonyl (C=O) groups is 1. The lowest BCUT2D eigenvalue weighted by Gasteiger charge is -2.48. The Balaban J connectivity index is 1.65. The van der Waals surface area contributed by atoms with Gasteiger partial charge in [0, 0.05) is 50.0 Å². The predicted octanol–water partition coefficient (Wildman–Crippen LogP) is 3.42. The molecule has 2 aliphatic heterocycles. The molecule has 0 aromatic carbocycles. The Morgan fingerprint density at radius 2 is 2.21 bits per heavy atom. The van der Waals surface area contributed by atoms with Crippen LogP contribution in [0.1, 0.15) is 52.6 Å². The fraction of sp³-hybridized carbons (Fsp3) is 0.737. The van der Waals surface area contributed by atoms with Gasteiger partial charge in [0.25, 0.3) is 0 Å². The average molecular weight is 333 g/mol. The molecule has 0 bridgehead atoms. The molecular weight excluding hydrogens is 302 g/mol. The van der Waals surface area contributed by atoms with Crippen LogP contribution in [0.15, 0.2) is 18.5 Å². The Kier molecular flexibility index (Phi) is 4.41. The summed E-state index contributed by atoms with van der Waals surface area (Å²) in [4.78, 5) is 14.2. The molecule has 0 radical (unpaired) electrons. The van der Waals surface area contributed by atoms with Crippen LogP contribution in [0.5, 0.6) is 0 Å². The van der Waals surface area contributed by atoms with Gasteiger partial charge < -0.3 is 19.5 Å². The molecule has 2 fully saturated rings. The number of nitrogens with zero attached hydrogens (tertiary/aromatic N) is 2. The highest BCUT2D eigenvalue weighted by atomic mass is 16.6. The van der Waals surface area contributed by atoms with E-state index in [4.69, 9.17) is 4.74 Å². The first kappa shape index (κ1) is 17.3. The summed E-state index contributed by atoms with van der Waals surface area (Å²) in [5, 5.41) is 3.58. The molecule has 3 heterocycles. The second kappa shape index (κ2) is 6.10. The number of nitrogens with one attached hydrogen (secondary N) is 1. The van der Waals surface area contributed by atoms with Gasteiger partial charge in [-0.15, -0.1) is 0 Å². The number of likely N-dealkylation sites (tertiary alicyclic amines) is 1. The van der Waals surface area contributed by atoms with Crippen molar-refractivity contribution in [3.63, 3.8) is 0 Å². The van der Waals surface area contributed by atoms with Crippen molar-refractivity contribution in [2.24, 2.45) is 11.3 Å². The van der Waals surface area contributed by atoms with Gasteiger partial charge in [-0.3, -0.25) is 0 Å². The van der Waals surface area contributed by atoms with Crippen molar-refractivity contribution in [3.8, 4) is 0 Å². The minimum Gasteiger partial charge on any atom is -0.444 e. The maximum atomic E-state index is 12.3. The molecule has 0 unspecified atom stereocenters. The number of aromatic nitrogens is 1. The van der Waals surface area contributed by atoms with Crippen LogP contribution in [-0.4, -0.2) is 40.8 Å².